The number of benzene rings is 3. The highest BCUT2D eigenvalue weighted by Crippen LogP contribution is 2.38. The van der Waals surface area contributed by atoms with Crippen LogP contribution in [0.3, 0.4) is 0 Å². The number of pyridine rings is 1. The van der Waals surface area contributed by atoms with Gasteiger partial charge in [-0.05, 0) is 104 Å². The van der Waals surface area contributed by atoms with Crippen molar-refractivity contribution in [2.75, 3.05) is 45.3 Å². The molecule has 0 spiro atoms. The molecule has 4 aliphatic rings. The molecular weight excluding hydrogens is 827 g/mol. The van der Waals surface area contributed by atoms with E-state index >= 15 is 0 Å². The summed E-state index contributed by atoms with van der Waals surface area (Å²) in [5.41, 5.74) is 1.66. The third kappa shape index (κ3) is 11.1. The van der Waals surface area contributed by atoms with Gasteiger partial charge in [0.2, 0.25) is 0 Å². The lowest BCUT2D eigenvalue weighted by molar-refractivity contribution is -0.605. The van der Waals surface area contributed by atoms with Crippen molar-refractivity contribution < 1.29 is 56.3 Å². The molecule has 4 fully saturated rings. The summed E-state index contributed by atoms with van der Waals surface area (Å²) < 4.78 is 60.0. The van der Waals surface area contributed by atoms with Crippen LogP contribution in [-0.4, -0.2) is 75.5 Å². The molecule has 0 amide bonds. The molecule has 3 aliphatic heterocycles. The number of nitrogens with one attached hydrogen (secondary N) is 1. The molecule has 13 nitrogen and oxygen atoms in total. The Balaban J connectivity index is 1.05. The van der Waals surface area contributed by atoms with Crippen molar-refractivity contribution in [3.05, 3.63) is 117 Å². The number of halogens is 4. The molecule has 17 heteroatoms. The van der Waals surface area contributed by atoms with E-state index in [9.17, 15) is 28.4 Å². The van der Waals surface area contributed by atoms with Gasteiger partial charge in [0.25, 0.3) is 0 Å². The number of aromatic nitrogens is 1. The third-order valence-corrected chi connectivity index (χ3v) is 11.4. The molecule has 4 heterocycles. The molecule has 1 aliphatic carbocycles. The first-order valence-corrected chi connectivity index (χ1v) is 20.3. The summed E-state index contributed by atoms with van der Waals surface area (Å²) in [5, 5.41) is 15.1. The fourth-order valence-electron chi connectivity index (χ4n) is 7.30. The quantitative estimate of drug-likeness (QED) is 0.0457. The fraction of sp³-hybridized carbons (Fsp3) is 0.395. The number of nitrogens with zero attached hydrogens (tertiary/aromatic N) is 2. The first kappa shape index (κ1) is 42.7. The number of piperidine rings is 3. The molecule has 2 bridgehead atoms. The van der Waals surface area contributed by atoms with E-state index in [1.165, 1.54) is 30.3 Å². The lowest BCUT2D eigenvalue weighted by Gasteiger charge is -2.44. The molecule has 318 valence electrons. The zero-order valence-corrected chi connectivity index (χ0v) is 34.0. The minimum Gasteiger partial charge on any atom is -0.619 e. The van der Waals surface area contributed by atoms with Crippen LogP contribution in [0, 0.1) is 17.0 Å². The molecule has 2 unspecified atom stereocenters. The van der Waals surface area contributed by atoms with Gasteiger partial charge in [-0.25, -0.2) is 14.4 Å². The molecule has 3 aromatic carbocycles. The average Bonchev–Trinajstić information content (AvgIpc) is 4.07. The molecule has 1 aromatic heterocycles. The van der Waals surface area contributed by atoms with Crippen molar-refractivity contribution in [2.24, 2.45) is 11.8 Å². The number of esters is 3. The topological polar surface area (TPSA) is 149 Å². The van der Waals surface area contributed by atoms with E-state index in [1.54, 1.807) is 43.5 Å². The van der Waals surface area contributed by atoms with Crippen LogP contribution in [0.15, 0.2) is 79.1 Å². The Morgan fingerprint density at radius 2 is 1.65 bits per heavy atom. The number of fused-ring (bicyclic) bond motifs is 3. The number of hydrogen-bond donors (Lipinski definition) is 1. The fourth-order valence-corrected chi connectivity index (χ4v) is 7.90. The van der Waals surface area contributed by atoms with Crippen LogP contribution < -0.4 is 24.3 Å². The van der Waals surface area contributed by atoms with Crippen molar-refractivity contribution in [1.29, 1.82) is 0 Å². The Morgan fingerprint density at radius 3 is 2.30 bits per heavy atom. The second-order valence-electron chi connectivity index (χ2n) is 14.9. The maximum Gasteiger partial charge on any atom is 0.387 e. The number of methoxy groups -OCH3 is 1. The van der Waals surface area contributed by atoms with Gasteiger partial charge in [-0.2, -0.15) is 13.5 Å². The van der Waals surface area contributed by atoms with Crippen molar-refractivity contribution in [1.82, 2.24) is 4.90 Å². The SMILES string of the molecule is COc1ccc(C(Nc2cccc(C(=O)OCC(=O)OC(Cc3c(Cl)c[n+]([O-])cc3Cl)c3ccc(OC(F)F)c(OCC4CC4)c3)c2)C(=O)O[C@H]2CN3CCC2CC3)cc1. The zero-order chi connectivity index (χ0) is 42.3. The highest BCUT2D eigenvalue weighted by molar-refractivity contribution is 6.35. The summed E-state index contributed by atoms with van der Waals surface area (Å²) in [5.74, 6) is -1.31. The van der Waals surface area contributed by atoms with E-state index in [0.29, 0.717) is 39.8 Å². The van der Waals surface area contributed by atoms with Crippen LogP contribution >= 0.6 is 23.2 Å². The normalized spacial score (nSPS) is 19.2. The van der Waals surface area contributed by atoms with Gasteiger partial charge in [0, 0.05) is 24.2 Å². The molecule has 8 rings (SSSR count). The lowest BCUT2D eigenvalue weighted by Crippen LogP contribution is -2.52. The average molecular weight is 871 g/mol. The second kappa shape index (κ2) is 19.3. The maximum absolute atomic E-state index is 13.8. The lowest BCUT2D eigenvalue weighted by atomic mass is 9.86. The first-order valence-electron chi connectivity index (χ1n) is 19.5. The molecule has 60 heavy (non-hydrogen) atoms. The number of anilines is 1. The van der Waals surface area contributed by atoms with Gasteiger partial charge in [0.1, 0.15) is 28.0 Å². The predicted octanol–water partition coefficient (Wildman–Crippen LogP) is 7.50. The molecule has 3 saturated heterocycles. The van der Waals surface area contributed by atoms with Crippen molar-refractivity contribution in [3.8, 4) is 17.2 Å². The molecular formula is C43H43Cl2F2N3O10. The summed E-state index contributed by atoms with van der Waals surface area (Å²) in [6.45, 7) is -0.997. The number of hydrogen-bond acceptors (Lipinski definition) is 12. The summed E-state index contributed by atoms with van der Waals surface area (Å²) in [7, 11) is 1.55. The minimum atomic E-state index is -3.12. The van der Waals surface area contributed by atoms with E-state index in [0.717, 1.165) is 51.2 Å². The summed E-state index contributed by atoms with van der Waals surface area (Å²) >= 11 is 12.7. The highest BCUT2D eigenvalue weighted by atomic mass is 35.5. The number of carbonyl (C=O) groups is 3. The van der Waals surface area contributed by atoms with Gasteiger partial charge in [0.05, 0.1) is 19.3 Å². The standard InChI is InChI=1S/C43H43Cl2F2N3O10/c1-55-31-10-7-27(8-11-31)40(42(53)59-38-22-49-15-13-26(38)14-16-49)48-30-4-2-3-29(17-30)41(52)57-24-39(51)58-36(19-32-33(44)20-50(54)21-34(32)45)28-9-12-35(60-43(46)47)37(18-28)56-23-25-5-6-25/h2-4,7-12,17-18,20-21,25-26,36,38,40,43,48H,5-6,13-16,19,22-24H2,1H3/t36?,38-,40?/m0/s1. The molecule has 0 radical (unpaired) electrons. The minimum absolute atomic E-state index is 0.00445. The van der Waals surface area contributed by atoms with E-state index in [4.69, 9.17) is 46.9 Å². The molecule has 3 atom stereocenters. The van der Waals surface area contributed by atoms with Crippen LogP contribution in [0.25, 0.3) is 0 Å². The van der Waals surface area contributed by atoms with Crippen molar-refractivity contribution in [3.63, 3.8) is 0 Å². The van der Waals surface area contributed by atoms with Crippen LogP contribution in [0.5, 0.6) is 17.2 Å². The Hall–Kier alpha value is -5.38. The Kier molecular flexibility index (Phi) is 13.8. The van der Waals surface area contributed by atoms with Crippen molar-refractivity contribution >= 4 is 46.8 Å². The van der Waals surface area contributed by atoms with Gasteiger partial charge < -0.3 is 38.9 Å². The summed E-state index contributed by atoms with van der Waals surface area (Å²) in [6, 6.07) is 16.4. The molecule has 1 saturated carbocycles. The zero-order valence-electron chi connectivity index (χ0n) is 32.5. The predicted molar refractivity (Wildman–Crippen MR) is 214 cm³/mol. The smallest absolute Gasteiger partial charge is 0.387 e. The van der Waals surface area contributed by atoms with E-state index in [2.05, 4.69) is 15.0 Å². The third-order valence-electron chi connectivity index (χ3n) is 10.7. The van der Waals surface area contributed by atoms with Gasteiger partial charge in [0.15, 0.2) is 36.5 Å². The van der Waals surface area contributed by atoms with Gasteiger partial charge in [-0.15, -0.1) is 0 Å². The van der Waals surface area contributed by atoms with Crippen molar-refractivity contribution in [2.45, 2.75) is 57.0 Å². The second-order valence-corrected chi connectivity index (χ2v) is 15.7. The van der Waals surface area contributed by atoms with E-state index < -0.39 is 43.3 Å². The van der Waals surface area contributed by atoms with Crippen LogP contribution in [0.1, 0.15) is 64.9 Å². The number of rotatable bonds is 18. The van der Waals surface area contributed by atoms with Crippen LogP contribution in [0.4, 0.5) is 14.5 Å². The van der Waals surface area contributed by atoms with E-state index in [1.807, 2.05) is 0 Å². The summed E-state index contributed by atoms with van der Waals surface area (Å²) in [6.07, 6.45) is 4.43. The Labute approximate surface area is 354 Å². The van der Waals surface area contributed by atoms with Gasteiger partial charge >= 0.3 is 24.5 Å². The van der Waals surface area contributed by atoms with Gasteiger partial charge in [-0.3, -0.25) is 4.90 Å². The van der Waals surface area contributed by atoms with E-state index in [-0.39, 0.29) is 57.7 Å². The maximum atomic E-state index is 13.8. The largest absolute Gasteiger partial charge is 0.619 e. The monoisotopic (exact) mass is 869 g/mol. The first-order chi connectivity index (χ1) is 28.9. The van der Waals surface area contributed by atoms with Crippen LogP contribution in [-0.2, 0) is 30.2 Å². The number of ether oxygens (including phenoxy) is 6. The molecule has 4 aromatic rings. The number of alkyl halides is 2. The summed E-state index contributed by atoms with van der Waals surface area (Å²) in [4.78, 5) is 42.8. The van der Waals surface area contributed by atoms with Crippen LogP contribution in [0.2, 0.25) is 10.0 Å². The molecule has 1 N–H and O–H groups in total. The highest BCUT2D eigenvalue weighted by Gasteiger charge is 2.38. The Bertz CT molecular complexity index is 2150. The number of carbonyl (C=O) groups excluding carboxylic acids is 3. The van der Waals surface area contributed by atoms with Gasteiger partial charge in [-0.1, -0.05) is 47.5 Å². The Morgan fingerprint density at radius 1 is 0.933 bits per heavy atom.